The molecule has 0 bridgehead atoms. The van der Waals surface area contributed by atoms with Crippen LogP contribution in [0.25, 0.3) is 0 Å². The van der Waals surface area contributed by atoms with Crippen LogP contribution < -0.4 is 0 Å². The van der Waals surface area contributed by atoms with Crippen LogP contribution in [0.5, 0.6) is 0 Å². The Morgan fingerprint density at radius 2 is 1.71 bits per heavy atom. The molecule has 0 aromatic heterocycles. The number of alkyl halides is 2. The number of carbonyl (C=O) groups excluding carboxylic acids is 2. The van der Waals surface area contributed by atoms with Gasteiger partial charge in [-0.3, -0.25) is 14.5 Å². The fourth-order valence-corrected chi connectivity index (χ4v) is 3.61. The Kier molecular flexibility index (Phi) is 8.82. The van der Waals surface area contributed by atoms with Crippen molar-refractivity contribution in [2.75, 3.05) is 24.8 Å². The fourth-order valence-electron chi connectivity index (χ4n) is 3.18. The molecule has 0 amide bonds. The fraction of sp³-hybridized carbons (Fsp3) is 0.882. The molecular formula is C17H29Cl2NO4. The lowest BCUT2D eigenvalue weighted by atomic mass is 9.81. The van der Waals surface area contributed by atoms with Crippen LogP contribution in [0.4, 0.5) is 0 Å². The van der Waals surface area contributed by atoms with Crippen molar-refractivity contribution in [1.82, 2.24) is 4.90 Å². The highest BCUT2D eigenvalue weighted by Gasteiger charge is 2.43. The van der Waals surface area contributed by atoms with Gasteiger partial charge in [-0.2, -0.15) is 0 Å². The smallest absolute Gasteiger partial charge is 0.313 e. The molecule has 1 aliphatic rings. The van der Waals surface area contributed by atoms with Crippen molar-refractivity contribution in [2.45, 2.75) is 64.7 Å². The van der Waals surface area contributed by atoms with Crippen LogP contribution in [0.15, 0.2) is 0 Å². The molecule has 1 aliphatic carbocycles. The van der Waals surface area contributed by atoms with Crippen molar-refractivity contribution < 1.29 is 19.1 Å². The molecule has 0 aromatic carbocycles. The lowest BCUT2D eigenvalue weighted by Gasteiger charge is -2.42. The third-order valence-electron chi connectivity index (χ3n) is 4.01. The number of esters is 2. The van der Waals surface area contributed by atoms with E-state index in [1.165, 1.54) is 6.92 Å². The maximum Gasteiger partial charge on any atom is 0.313 e. The standard InChI is InChI=1S/C17H29Cl2NO4/c1-12(21)23-15-13(16(22)24-17(2,3)4)6-5-7-14(15)20(10-8-18)11-9-19/h13-15H,5-11H2,1-4H3/t13-,14+,15+/m0/s1. The van der Waals surface area contributed by atoms with E-state index < -0.39 is 23.6 Å². The lowest BCUT2D eigenvalue weighted by molar-refractivity contribution is -0.175. The predicted molar refractivity (Wildman–Crippen MR) is 95.5 cm³/mol. The van der Waals surface area contributed by atoms with Crippen molar-refractivity contribution >= 4 is 35.1 Å². The monoisotopic (exact) mass is 381 g/mol. The summed E-state index contributed by atoms with van der Waals surface area (Å²) in [5.74, 6) is -0.249. The van der Waals surface area contributed by atoms with Gasteiger partial charge in [0.2, 0.25) is 0 Å². The normalized spacial score (nSPS) is 24.7. The van der Waals surface area contributed by atoms with Gasteiger partial charge < -0.3 is 9.47 Å². The molecule has 0 heterocycles. The van der Waals surface area contributed by atoms with Gasteiger partial charge in [0.15, 0.2) is 0 Å². The molecule has 0 spiro atoms. The van der Waals surface area contributed by atoms with Crippen LogP contribution in [0.3, 0.4) is 0 Å². The number of hydrogen-bond acceptors (Lipinski definition) is 5. The molecule has 5 nitrogen and oxygen atoms in total. The lowest BCUT2D eigenvalue weighted by Crippen LogP contribution is -2.54. The second-order valence-electron chi connectivity index (χ2n) is 7.13. The summed E-state index contributed by atoms with van der Waals surface area (Å²) in [6.07, 6.45) is 1.83. The summed E-state index contributed by atoms with van der Waals surface area (Å²) in [7, 11) is 0. The topological polar surface area (TPSA) is 55.8 Å². The molecule has 1 fully saturated rings. The molecule has 0 N–H and O–H groups in total. The quantitative estimate of drug-likeness (QED) is 0.500. The molecule has 140 valence electrons. The van der Waals surface area contributed by atoms with E-state index in [4.69, 9.17) is 32.7 Å². The van der Waals surface area contributed by atoms with Crippen molar-refractivity contribution in [3.63, 3.8) is 0 Å². The molecule has 1 saturated carbocycles. The van der Waals surface area contributed by atoms with Gasteiger partial charge in [0.1, 0.15) is 11.7 Å². The first kappa shape index (κ1) is 21.5. The van der Waals surface area contributed by atoms with E-state index in [2.05, 4.69) is 4.90 Å². The molecule has 24 heavy (non-hydrogen) atoms. The maximum absolute atomic E-state index is 12.6. The third kappa shape index (κ3) is 6.77. The zero-order valence-corrected chi connectivity index (χ0v) is 16.5. The summed E-state index contributed by atoms with van der Waals surface area (Å²) in [6, 6.07) is -0.0716. The highest BCUT2D eigenvalue weighted by atomic mass is 35.5. The first-order chi connectivity index (χ1) is 11.2. The van der Waals surface area contributed by atoms with Gasteiger partial charge in [0, 0.05) is 37.8 Å². The molecule has 0 unspecified atom stereocenters. The Morgan fingerprint density at radius 1 is 1.12 bits per heavy atom. The molecular weight excluding hydrogens is 353 g/mol. The Balaban J connectivity index is 3.00. The molecule has 1 rings (SSSR count). The molecule has 0 aromatic rings. The van der Waals surface area contributed by atoms with Crippen LogP contribution in [0.1, 0.15) is 47.0 Å². The van der Waals surface area contributed by atoms with Crippen molar-refractivity contribution in [2.24, 2.45) is 5.92 Å². The molecule has 3 atom stereocenters. The van der Waals surface area contributed by atoms with Crippen molar-refractivity contribution in [3.8, 4) is 0 Å². The van der Waals surface area contributed by atoms with Gasteiger partial charge >= 0.3 is 11.9 Å². The predicted octanol–water partition coefficient (Wildman–Crippen LogP) is 3.21. The number of ether oxygens (including phenoxy) is 2. The van der Waals surface area contributed by atoms with Gasteiger partial charge in [-0.25, -0.2) is 0 Å². The number of carbonyl (C=O) groups is 2. The zero-order chi connectivity index (χ0) is 18.3. The first-order valence-electron chi connectivity index (χ1n) is 8.45. The van der Waals surface area contributed by atoms with Gasteiger partial charge in [-0.05, 0) is 33.6 Å². The van der Waals surface area contributed by atoms with E-state index in [1.807, 2.05) is 20.8 Å². The summed E-state index contributed by atoms with van der Waals surface area (Å²) < 4.78 is 11.1. The minimum absolute atomic E-state index is 0.0716. The summed E-state index contributed by atoms with van der Waals surface area (Å²) in [4.78, 5) is 26.3. The summed E-state index contributed by atoms with van der Waals surface area (Å²) in [6.45, 7) is 8.14. The first-order valence-corrected chi connectivity index (χ1v) is 9.52. The number of halogens is 2. The maximum atomic E-state index is 12.6. The Bertz CT molecular complexity index is 419. The SMILES string of the molecule is CC(=O)O[C@@H]1[C@@H](C(=O)OC(C)(C)C)CCC[C@H]1N(CCCl)CCCl. The van der Waals surface area contributed by atoms with Gasteiger partial charge in [0.25, 0.3) is 0 Å². The van der Waals surface area contributed by atoms with Crippen LogP contribution in [0.2, 0.25) is 0 Å². The van der Waals surface area contributed by atoms with Crippen LogP contribution >= 0.6 is 23.2 Å². The number of nitrogens with zero attached hydrogens (tertiary/aromatic N) is 1. The van der Waals surface area contributed by atoms with E-state index in [0.29, 0.717) is 31.3 Å². The zero-order valence-electron chi connectivity index (χ0n) is 15.0. The minimum Gasteiger partial charge on any atom is -0.460 e. The van der Waals surface area contributed by atoms with Crippen LogP contribution in [0, 0.1) is 5.92 Å². The Morgan fingerprint density at radius 3 is 2.17 bits per heavy atom. The van der Waals surface area contributed by atoms with Crippen molar-refractivity contribution in [1.29, 1.82) is 0 Å². The second-order valence-corrected chi connectivity index (χ2v) is 7.88. The number of hydrogen-bond donors (Lipinski definition) is 0. The molecule has 7 heteroatoms. The average Bonchev–Trinajstić information content (AvgIpc) is 2.45. The second kappa shape index (κ2) is 9.83. The van der Waals surface area contributed by atoms with E-state index in [1.54, 1.807) is 0 Å². The molecule has 0 saturated heterocycles. The summed E-state index contributed by atoms with van der Waals surface area (Å²) >= 11 is 11.8. The number of rotatable bonds is 7. The van der Waals surface area contributed by atoms with E-state index >= 15 is 0 Å². The van der Waals surface area contributed by atoms with Crippen molar-refractivity contribution in [3.05, 3.63) is 0 Å². The van der Waals surface area contributed by atoms with E-state index in [0.717, 1.165) is 12.8 Å². The van der Waals surface area contributed by atoms with Gasteiger partial charge in [-0.15, -0.1) is 23.2 Å². The minimum atomic E-state index is -0.573. The van der Waals surface area contributed by atoms with Crippen LogP contribution in [-0.4, -0.2) is 59.4 Å². The average molecular weight is 382 g/mol. The van der Waals surface area contributed by atoms with E-state index in [9.17, 15) is 9.59 Å². The molecule has 0 radical (unpaired) electrons. The molecule has 0 aliphatic heterocycles. The van der Waals surface area contributed by atoms with Gasteiger partial charge in [-0.1, -0.05) is 6.42 Å². The Labute approximate surface area is 154 Å². The highest BCUT2D eigenvalue weighted by molar-refractivity contribution is 6.18. The van der Waals surface area contributed by atoms with Crippen LogP contribution in [-0.2, 0) is 19.1 Å². The van der Waals surface area contributed by atoms with E-state index in [-0.39, 0.29) is 12.0 Å². The summed E-state index contributed by atoms with van der Waals surface area (Å²) in [5, 5.41) is 0. The Hall–Kier alpha value is -0.520. The van der Waals surface area contributed by atoms with Gasteiger partial charge in [0.05, 0.1) is 5.92 Å². The summed E-state index contributed by atoms with van der Waals surface area (Å²) in [5.41, 5.74) is -0.573. The third-order valence-corrected chi connectivity index (χ3v) is 4.35. The highest BCUT2D eigenvalue weighted by Crippen LogP contribution is 2.32. The largest absolute Gasteiger partial charge is 0.460 e.